The molecule has 2 atom stereocenters. The van der Waals surface area contributed by atoms with Gasteiger partial charge in [-0.1, -0.05) is 32.0 Å². The SMILES string of the molecule is CC(C)CCNC(=O)[C@H]1N2C(=O)c3ccccc3[C@H]2SC1(C)C. The van der Waals surface area contributed by atoms with Crippen molar-refractivity contribution in [2.45, 2.75) is 50.3 Å². The lowest BCUT2D eigenvalue weighted by molar-refractivity contribution is -0.126. The quantitative estimate of drug-likeness (QED) is 0.921. The van der Waals surface area contributed by atoms with Crippen molar-refractivity contribution < 1.29 is 9.59 Å². The summed E-state index contributed by atoms with van der Waals surface area (Å²) in [5.74, 6) is 0.492. The van der Waals surface area contributed by atoms with Crippen LogP contribution in [0.3, 0.4) is 0 Å². The van der Waals surface area contributed by atoms with Crippen LogP contribution in [0.2, 0.25) is 0 Å². The number of hydrogen-bond acceptors (Lipinski definition) is 3. The van der Waals surface area contributed by atoms with Gasteiger partial charge in [-0.05, 0) is 37.8 Å². The van der Waals surface area contributed by atoms with Crippen LogP contribution in [0.25, 0.3) is 0 Å². The number of benzene rings is 1. The Hall–Kier alpha value is -1.49. The molecule has 1 N–H and O–H groups in total. The van der Waals surface area contributed by atoms with Crippen LogP contribution in [0.1, 0.15) is 55.4 Å². The third kappa shape index (κ3) is 2.75. The Morgan fingerprint density at radius 1 is 1.35 bits per heavy atom. The van der Waals surface area contributed by atoms with Crippen LogP contribution in [-0.4, -0.2) is 34.0 Å². The number of amides is 2. The van der Waals surface area contributed by atoms with Crippen LogP contribution in [0, 0.1) is 5.92 Å². The lowest BCUT2D eigenvalue weighted by Gasteiger charge is -2.29. The number of nitrogens with one attached hydrogen (secondary N) is 1. The Morgan fingerprint density at radius 2 is 2.04 bits per heavy atom. The van der Waals surface area contributed by atoms with Crippen molar-refractivity contribution in [3.8, 4) is 0 Å². The number of carbonyl (C=O) groups is 2. The molecular weight excluding hydrogens is 308 g/mol. The third-order valence-electron chi connectivity index (χ3n) is 4.57. The molecule has 0 aliphatic carbocycles. The predicted octanol–water partition coefficient (Wildman–Crippen LogP) is 3.20. The van der Waals surface area contributed by atoms with Crippen LogP contribution in [0.4, 0.5) is 0 Å². The van der Waals surface area contributed by atoms with Crippen molar-refractivity contribution in [2.75, 3.05) is 6.54 Å². The molecule has 124 valence electrons. The van der Waals surface area contributed by atoms with Gasteiger partial charge in [0.25, 0.3) is 5.91 Å². The molecule has 3 rings (SSSR count). The second-order valence-corrected chi connectivity index (χ2v) is 8.98. The summed E-state index contributed by atoms with van der Waals surface area (Å²) in [6.45, 7) is 9.04. The summed E-state index contributed by atoms with van der Waals surface area (Å²) < 4.78 is -0.296. The highest BCUT2D eigenvalue weighted by Gasteiger charge is 2.57. The molecule has 5 heteroatoms. The van der Waals surface area contributed by atoms with E-state index in [9.17, 15) is 9.59 Å². The lowest BCUT2D eigenvalue weighted by atomic mass is 10.0. The average Bonchev–Trinajstić information content (AvgIpc) is 2.90. The topological polar surface area (TPSA) is 49.4 Å². The van der Waals surface area contributed by atoms with Gasteiger partial charge in [0.2, 0.25) is 5.91 Å². The van der Waals surface area contributed by atoms with E-state index in [1.54, 1.807) is 16.7 Å². The molecule has 23 heavy (non-hydrogen) atoms. The van der Waals surface area contributed by atoms with E-state index in [1.807, 2.05) is 24.3 Å². The van der Waals surface area contributed by atoms with E-state index in [1.165, 1.54) is 0 Å². The first-order valence-corrected chi connectivity index (χ1v) is 9.08. The number of carbonyl (C=O) groups excluding carboxylic acids is 2. The second-order valence-electron chi connectivity index (χ2n) is 7.25. The minimum atomic E-state index is -0.426. The summed E-state index contributed by atoms with van der Waals surface area (Å²) in [6, 6.07) is 7.27. The normalized spacial score (nSPS) is 24.7. The van der Waals surface area contributed by atoms with E-state index in [0.717, 1.165) is 17.5 Å². The Morgan fingerprint density at radius 3 is 2.74 bits per heavy atom. The molecule has 0 spiro atoms. The minimum Gasteiger partial charge on any atom is -0.354 e. The second kappa shape index (κ2) is 5.86. The molecule has 2 aliphatic heterocycles. The van der Waals surface area contributed by atoms with E-state index in [-0.39, 0.29) is 21.9 Å². The van der Waals surface area contributed by atoms with Crippen LogP contribution in [0.15, 0.2) is 24.3 Å². The Labute approximate surface area is 142 Å². The molecule has 2 aliphatic rings. The Kier molecular flexibility index (Phi) is 4.17. The van der Waals surface area contributed by atoms with Crippen LogP contribution in [0.5, 0.6) is 0 Å². The van der Waals surface area contributed by atoms with E-state index in [4.69, 9.17) is 0 Å². The molecule has 0 bridgehead atoms. The van der Waals surface area contributed by atoms with Crippen molar-refractivity contribution in [2.24, 2.45) is 5.92 Å². The van der Waals surface area contributed by atoms with E-state index >= 15 is 0 Å². The number of hydrogen-bond donors (Lipinski definition) is 1. The maximum atomic E-state index is 12.8. The predicted molar refractivity (Wildman–Crippen MR) is 93.3 cm³/mol. The molecule has 2 amide bonds. The first-order chi connectivity index (χ1) is 10.8. The minimum absolute atomic E-state index is 0.0207. The van der Waals surface area contributed by atoms with Crippen LogP contribution >= 0.6 is 11.8 Å². The molecule has 1 aromatic carbocycles. The van der Waals surface area contributed by atoms with E-state index in [0.29, 0.717) is 12.5 Å². The summed E-state index contributed by atoms with van der Waals surface area (Å²) in [6.07, 6.45) is 0.948. The standard InChI is InChI=1S/C18H24N2O2S/c1-11(2)9-10-19-15(21)14-18(3,4)23-17-13-8-6-5-7-12(13)16(22)20(14)17/h5-8,11,14,17H,9-10H2,1-4H3,(H,19,21)/t14-,17-/m1/s1. The van der Waals surface area contributed by atoms with Crippen molar-refractivity contribution in [1.82, 2.24) is 10.2 Å². The zero-order valence-corrected chi connectivity index (χ0v) is 14.9. The van der Waals surface area contributed by atoms with Gasteiger partial charge in [0.1, 0.15) is 11.4 Å². The number of thioether (sulfide) groups is 1. The van der Waals surface area contributed by atoms with Gasteiger partial charge in [-0.3, -0.25) is 9.59 Å². The molecule has 1 saturated heterocycles. The summed E-state index contributed by atoms with van der Waals surface area (Å²) in [5, 5.41) is 2.98. The summed E-state index contributed by atoms with van der Waals surface area (Å²) >= 11 is 1.71. The Bertz CT molecular complexity index is 642. The highest BCUT2D eigenvalue weighted by molar-refractivity contribution is 8.01. The summed E-state index contributed by atoms with van der Waals surface area (Å²) in [4.78, 5) is 27.3. The summed E-state index contributed by atoms with van der Waals surface area (Å²) in [5.41, 5.74) is 1.77. The maximum absolute atomic E-state index is 12.8. The van der Waals surface area contributed by atoms with Gasteiger partial charge < -0.3 is 10.2 Å². The molecule has 4 nitrogen and oxygen atoms in total. The fourth-order valence-electron chi connectivity index (χ4n) is 3.39. The molecular formula is C18H24N2O2S. The zero-order valence-electron chi connectivity index (χ0n) is 14.1. The molecule has 2 heterocycles. The highest BCUT2D eigenvalue weighted by atomic mass is 32.2. The van der Waals surface area contributed by atoms with Gasteiger partial charge in [0.05, 0.1) is 0 Å². The molecule has 0 saturated carbocycles. The van der Waals surface area contributed by atoms with Gasteiger partial charge >= 0.3 is 0 Å². The smallest absolute Gasteiger partial charge is 0.256 e. The van der Waals surface area contributed by atoms with Crippen LogP contribution in [-0.2, 0) is 4.79 Å². The van der Waals surface area contributed by atoms with Gasteiger partial charge in [-0.25, -0.2) is 0 Å². The fraction of sp³-hybridized carbons (Fsp3) is 0.556. The molecule has 1 fully saturated rings. The lowest BCUT2D eigenvalue weighted by Crippen LogP contribution is -2.52. The third-order valence-corrected chi connectivity index (χ3v) is 6.10. The maximum Gasteiger partial charge on any atom is 0.256 e. The molecule has 0 aromatic heterocycles. The van der Waals surface area contributed by atoms with Gasteiger partial charge in [0, 0.05) is 16.9 Å². The first kappa shape index (κ1) is 16.4. The molecule has 0 unspecified atom stereocenters. The van der Waals surface area contributed by atoms with E-state index in [2.05, 4.69) is 33.0 Å². The monoisotopic (exact) mass is 332 g/mol. The fourth-order valence-corrected chi connectivity index (χ4v) is 4.97. The largest absolute Gasteiger partial charge is 0.354 e. The first-order valence-electron chi connectivity index (χ1n) is 8.20. The molecule has 1 aromatic rings. The van der Waals surface area contributed by atoms with Gasteiger partial charge in [0.15, 0.2) is 0 Å². The number of nitrogens with zero attached hydrogens (tertiary/aromatic N) is 1. The zero-order chi connectivity index (χ0) is 16.8. The van der Waals surface area contributed by atoms with Crippen molar-refractivity contribution >= 4 is 23.6 Å². The van der Waals surface area contributed by atoms with Crippen molar-refractivity contribution in [3.05, 3.63) is 35.4 Å². The molecule has 0 radical (unpaired) electrons. The van der Waals surface area contributed by atoms with Crippen molar-refractivity contribution in [1.29, 1.82) is 0 Å². The summed E-state index contributed by atoms with van der Waals surface area (Å²) in [7, 11) is 0. The number of rotatable bonds is 4. The van der Waals surface area contributed by atoms with Crippen molar-refractivity contribution in [3.63, 3.8) is 0 Å². The van der Waals surface area contributed by atoms with Crippen LogP contribution < -0.4 is 5.32 Å². The van der Waals surface area contributed by atoms with Gasteiger partial charge in [-0.15, -0.1) is 11.8 Å². The highest BCUT2D eigenvalue weighted by Crippen LogP contribution is 2.56. The van der Waals surface area contributed by atoms with E-state index < -0.39 is 6.04 Å². The van der Waals surface area contributed by atoms with Gasteiger partial charge in [-0.2, -0.15) is 0 Å². The average molecular weight is 332 g/mol. The Balaban J connectivity index is 1.84. The number of fused-ring (bicyclic) bond motifs is 3.